The average Bonchev–Trinajstić information content (AvgIpc) is 2.37. The fourth-order valence-electron chi connectivity index (χ4n) is 2.01. The van der Waals surface area contributed by atoms with E-state index >= 15 is 0 Å². The Hall–Kier alpha value is -1.10. The Morgan fingerprint density at radius 1 is 1.47 bits per heavy atom. The van der Waals surface area contributed by atoms with Crippen LogP contribution in [0, 0.1) is 5.92 Å². The Labute approximate surface area is 102 Å². The zero-order valence-corrected chi connectivity index (χ0v) is 11.1. The number of rotatable bonds is 1. The van der Waals surface area contributed by atoms with Crippen molar-refractivity contribution in [3.8, 4) is 0 Å². The van der Waals surface area contributed by atoms with Crippen LogP contribution in [0.25, 0.3) is 0 Å². The van der Waals surface area contributed by atoms with Gasteiger partial charge in [0.05, 0.1) is 18.6 Å². The van der Waals surface area contributed by atoms with Crippen molar-refractivity contribution in [2.75, 3.05) is 0 Å². The quantitative estimate of drug-likeness (QED) is 0.758. The lowest BCUT2D eigenvalue weighted by atomic mass is 10.00. The van der Waals surface area contributed by atoms with Gasteiger partial charge in [-0.1, -0.05) is 13.8 Å². The standard InChI is InChI=1S/C12H21NO4/c1-7(2)10-8(14)6-9(15)13(10)11(16)17-12(3,4)5/h7-8,10,14H,6H2,1-5H3. The largest absolute Gasteiger partial charge is 0.443 e. The number of ether oxygens (including phenoxy) is 1. The minimum atomic E-state index is -0.796. The molecule has 0 aromatic rings. The summed E-state index contributed by atoms with van der Waals surface area (Å²) in [5.41, 5.74) is -0.646. The van der Waals surface area contributed by atoms with E-state index in [1.54, 1.807) is 20.8 Å². The van der Waals surface area contributed by atoms with Crippen molar-refractivity contribution in [1.29, 1.82) is 0 Å². The van der Waals surface area contributed by atoms with Crippen LogP contribution in [0.4, 0.5) is 4.79 Å². The summed E-state index contributed by atoms with van der Waals surface area (Å²) in [6.07, 6.45) is -1.48. The minimum absolute atomic E-state index is 0.00367. The summed E-state index contributed by atoms with van der Waals surface area (Å²) in [6, 6.07) is -0.489. The smallest absolute Gasteiger partial charge is 0.417 e. The van der Waals surface area contributed by atoms with Crippen LogP contribution in [0.15, 0.2) is 0 Å². The maximum Gasteiger partial charge on any atom is 0.417 e. The zero-order valence-electron chi connectivity index (χ0n) is 11.1. The maximum atomic E-state index is 11.9. The lowest BCUT2D eigenvalue weighted by Crippen LogP contribution is -2.46. The Morgan fingerprint density at radius 3 is 2.41 bits per heavy atom. The second-order valence-electron chi connectivity index (χ2n) is 5.75. The second-order valence-corrected chi connectivity index (χ2v) is 5.75. The van der Waals surface area contributed by atoms with E-state index in [-0.39, 0.29) is 18.2 Å². The predicted octanol–water partition coefficient (Wildman–Crippen LogP) is 1.54. The van der Waals surface area contributed by atoms with Crippen LogP contribution < -0.4 is 0 Å². The van der Waals surface area contributed by atoms with Gasteiger partial charge in [0.1, 0.15) is 5.60 Å². The fourth-order valence-corrected chi connectivity index (χ4v) is 2.01. The van der Waals surface area contributed by atoms with Crippen LogP contribution >= 0.6 is 0 Å². The molecular weight excluding hydrogens is 222 g/mol. The number of nitrogens with zero attached hydrogens (tertiary/aromatic N) is 1. The third-order valence-electron chi connectivity index (χ3n) is 2.62. The van der Waals surface area contributed by atoms with Crippen molar-refractivity contribution in [2.24, 2.45) is 5.92 Å². The number of imide groups is 1. The van der Waals surface area contributed by atoms with Crippen molar-refractivity contribution in [3.05, 3.63) is 0 Å². The Morgan fingerprint density at radius 2 is 2.00 bits per heavy atom. The molecule has 0 aliphatic carbocycles. The van der Waals surface area contributed by atoms with Crippen molar-refractivity contribution < 1.29 is 19.4 Å². The van der Waals surface area contributed by atoms with Gasteiger partial charge in [-0.05, 0) is 26.7 Å². The van der Waals surface area contributed by atoms with Crippen LogP contribution in [-0.4, -0.2) is 39.8 Å². The highest BCUT2D eigenvalue weighted by Gasteiger charge is 2.45. The van der Waals surface area contributed by atoms with Crippen LogP contribution in [0.2, 0.25) is 0 Å². The molecule has 2 atom stereocenters. The molecule has 1 saturated heterocycles. The normalized spacial score (nSPS) is 25.6. The Balaban J connectivity index is 2.86. The van der Waals surface area contributed by atoms with Gasteiger partial charge in [-0.25, -0.2) is 9.69 Å². The maximum absolute atomic E-state index is 11.9. The van der Waals surface area contributed by atoms with E-state index in [1.165, 1.54) is 0 Å². The van der Waals surface area contributed by atoms with Gasteiger partial charge >= 0.3 is 6.09 Å². The highest BCUT2D eigenvalue weighted by molar-refractivity contribution is 5.94. The number of hydrogen-bond acceptors (Lipinski definition) is 4. The number of likely N-dealkylation sites (tertiary alicyclic amines) is 1. The average molecular weight is 243 g/mol. The number of amides is 2. The molecule has 1 aliphatic rings. The van der Waals surface area contributed by atoms with Crippen molar-refractivity contribution in [2.45, 2.75) is 58.8 Å². The molecule has 2 amide bonds. The molecule has 0 aromatic carbocycles. The first-order valence-corrected chi connectivity index (χ1v) is 5.86. The molecule has 0 aromatic heterocycles. The number of hydrogen-bond donors (Lipinski definition) is 1. The summed E-state index contributed by atoms with van der Waals surface area (Å²) in [4.78, 5) is 24.7. The highest BCUT2D eigenvalue weighted by atomic mass is 16.6. The Bertz CT molecular complexity index is 319. The predicted molar refractivity (Wildman–Crippen MR) is 62.3 cm³/mol. The number of carbonyl (C=O) groups excluding carboxylic acids is 2. The zero-order chi connectivity index (χ0) is 13.4. The third-order valence-corrected chi connectivity index (χ3v) is 2.62. The molecule has 1 rings (SSSR count). The molecule has 1 N–H and O–H groups in total. The summed E-state index contributed by atoms with van der Waals surface area (Å²) in [5, 5.41) is 9.78. The van der Waals surface area contributed by atoms with E-state index in [9.17, 15) is 14.7 Å². The Kier molecular flexibility index (Phi) is 3.81. The van der Waals surface area contributed by atoms with E-state index in [1.807, 2.05) is 13.8 Å². The van der Waals surface area contributed by atoms with E-state index in [0.717, 1.165) is 4.90 Å². The first-order chi connectivity index (χ1) is 7.63. The highest BCUT2D eigenvalue weighted by Crippen LogP contribution is 2.27. The van der Waals surface area contributed by atoms with Gasteiger partial charge in [-0.3, -0.25) is 4.79 Å². The summed E-state index contributed by atoms with van der Waals surface area (Å²) in [5.74, 6) is -0.366. The van der Waals surface area contributed by atoms with Gasteiger partial charge in [-0.2, -0.15) is 0 Å². The topological polar surface area (TPSA) is 66.8 Å². The van der Waals surface area contributed by atoms with Crippen molar-refractivity contribution >= 4 is 12.0 Å². The lowest BCUT2D eigenvalue weighted by Gasteiger charge is -2.30. The van der Waals surface area contributed by atoms with Gasteiger partial charge in [-0.15, -0.1) is 0 Å². The minimum Gasteiger partial charge on any atom is -0.443 e. The van der Waals surface area contributed by atoms with Gasteiger partial charge in [0.15, 0.2) is 0 Å². The van der Waals surface area contributed by atoms with E-state index in [4.69, 9.17) is 4.74 Å². The molecule has 0 bridgehead atoms. The summed E-state index contributed by atoms with van der Waals surface area (Å²) in [7, 11) is 0. The molecule has 1 aliphatic heterocycles. The van der Waals surface area contributed by atoms with Crippen molar-refractivity contribution in [3.63, 3.8) is 0 Å². The molecule has 0 saturated carbocycles. The summed E-state index contributed by atoms with van der Waals surface area (Å²) >= 11 is 0. The van der Waals surface area contributed by atoms with Gasteiger partial charge < -0.3 is 9.84 Å². The molecule has 1 fully saturated rings. The van der Waals surface area contributed by atoms with Crippen molar-refractivity contribution in [1.82, 2.24) is 4.90 Å². The molecule has 5 nitrogen and oxygen atoms in total. The second kappa shape index (κ2) is 4.64. The number of carbonyl (C=O) groups is 2. The van der Waals surface area contributed by atoms with Crippen LogP contribution in [0.1, 0.15) is 41.0 Å². The third kappa shape index (κ3) is 3.19. The molecule has 98 valence electrons. The van der Waals surface area contributed by atoms with Crippen LogP contribution in [0.5, 0.6) is 0 Å². The number of aliphatic hydroxyl groups excluding tert-OH is 1. The molecule has 17 heavy (non-hydrogen) atoms. The van der Waals surface area contributed by atoms with Crippen LogP contribution in [0.3, 0.4) is 0 Å². The molecule has 5 heteroatoms. The van der Waals surface area contributed by atoms with Gasteiger partial charge in [0.2, 0.25) is 5.91 Å². The summed E-state index contributed by atoms with van der Waals surface area (Å²) in [6.45, 7) is 8.96. The fraction of sp³-hybridized carbons (Fsp3) is 0.833. The monoisotopic (exact) mass is 243 g/mol. The molecule has 1 heterocycles. The molecule has 0 spiro atoms. The number of aliphatic hydroxyl groups is 1. The first-order valence-electron chi connectivity index (χ1n) is 5.86. The molecular formula is C12H21NO4. The van der Waals surface area contributed by atoms with Gasteiger partial charge in [0, 0.05) is 0 Å². The van der Waals surface area contributed by atoms with E-state index in [0.29, 0.717) is 0 Å². The van der Waals surface area contributed by atoms with Crippen LogP contribution in [-0.2, 0) is 9.53 Å². The van der Waals surface area contributed by atoms with E-state index < -0.39 is 23.8 Å². The lowest BCUT2D eigenvalue weighted by molar-refractivity contribution is -0.128. The molecule has 2 unspecified atom stereocenters. The van der Waals surface area contributed by atoms with E-state index in [2.05, 4.69) is 0 Å². The SMILES string of the molecule is CC(C)C1C(O)CC(=O)N1C(=O)OC(C)(C)C. The first kappa shape index (κ1) is 14.0. The van der Waals surface area contributed by atoms with Gasteiger partial charge in [0.25, 0.3) is 0 Å². The summed E-state index contributed by atoms with van der Waals surface area (Å²) < 4.78 is 5.18. The molecule has 0 radical (unpaired) electrons.